The molecule has 0 unspecified atom stereocenters. The third kappa shape index (κ3) is 2.54. The van der Waals surface area contributed by atoms with Gasteiger partial charge in [-0.2, -0.15) is 9.67 Å². The van der Waals surface area contributed by atoms with Crippen molar-refractivity contribution in [1.82, 2.24) is 35.1 Å². The predicted molar refractivity (Wildman–Crippen MR) is 90.5 cm³/mol. The van der Waals surface area contributed by atoms with Crippen LogP contribution in [0.1, 0.15) is 0 Å². The molecular weight excluding hydrogens is 306 g/mol. The zero-order valence-corrected chi connectivity index (χ0v) is 13.4. The molecule has 0 atom stereocenters. The van der Waals surface area contributed by atoms with Crippen LogP contribution in [0.4, 0.5) is 17.5 Å². The molecule has 0 amide bonds. The second-order valence-electron chi connectivity index (χ2n) is 5.74. The molecule has 9 nitrogen and oxygen atoms in total. The van der Waals surface area contributed by atoms with Crippen molar-refractivity contribution in [2.75, 3.05) is 37.8 Å². The molecule has 0 bridgehead atoms. The topological polar surface area (TPSA) is 96.7 Å². The molecule has 4 rings (SSSR count). The summed E-state index contributed by atoms with van der Waals surface area (Å²) in [6.45, 7) is 1.66. The van der Waals surface area contributed by atoms with Crippen LogP contribution >= 0.6 is 0 Å². The molecular formula is C15H17N9. The van der Waals surface area contributed by atoms with Gasteiger partial charge in [-0.1, -0.05) is 12.1 Å². The lowest BCUT2D eigenvalue weighted by Crippen LogP contribution is -2.21. The van der Waals surface area contributed by atoms with Crippen molar-refractivity contribution < 1.29 is 0 Å². The summed E-state index contributed by atoms with van der Waals surface area (Å²) >= 11 is 0. The van der Waals surface area contributed by atoms with Gasteiger partial charge < -0.3 is 15.5 Å². The van der Waals surface area contributed by atoms with Crippen molar-refractivity contribution in [2.24, 2.45) is 0 Å². The number of tetrazole rings is 1. The molecule has 0 saturated carbocycles. The largest absolute Gasteiger partial charge is 0.353 e. The number of hydrogen-bond donors (Lipinski definition) is 2. The maximum atomic E-state index is 4.59. The Morgan fingerprint density at radius 3 is 3.00 bits per heavy atom. The summed E-state index contributed by atoms with van der Waals surface area (Å²) in [6.07, 6.45) is 1.74. The Balaban J connectivity index is 1.73. The highest BCUT2D eigenvalue weighted by molar-refractivity contribution is 5.81. The van der Waals surface area contributed by atoms with Gasteiger partial charge in [0, 0.05) is 19.3 Å². The van der Waals surface area contributed by atoms with Crippen LogP contribution in [0.15, 0.2) is 30.5 Å². The van der Waals surface area contributed by atoms with E-state index in [1.54, 1.807) is 10.9 Å². The summed E-state index contributed by atoms with van der Waals surface area (Å²) in [5, 5.41) is 18.6. The van der Waals surface area contributed by atoms with Gasteiger partial charge in [0.25, 0.3) is 0 Å². The van der Waals surface area contributed by atoms with Crippen LogP contribution < -0.4 is 10.6 Å². The Kier molecular flexibility index (Phi) is 3.54. The van der Waals surface area contributed by atoms with E-state index in [-0.39, 0.29) is 0 Å². The number of benzene rings is 1. The number of nitrogens with one attached hydrogen (secondary N) is 2. The highest BCUT2D eigenvalue weighted by Crippen LogP contribution is 2.35. The van der Waals surface area contributed by atoms with E-state index in [9.17, 15) is 0 Å². The standard InChI is InChI=1S/C15H17N9/c1-23(2)8-7-16-15-17-9-10-13(19-15)18-11-5-3-4-6-12(11)24-14(10)20-21-22-24/h3-6,9H,7-8H2,1-2H3,(H2,16,17,18,19). The van der Waals surface area contributed by atoms with Gasteiger partial charge >= 0.3 is 0 Å². The molecule has 1 aromatic carbocycles. The molecule has 0 aliphatic carbocycles. The Labute approximate surface area is 138 Å². The lowest BCUT2D eigenvalue weighted by molar-refractivity contribution is 0.425. The quantitative estimate of drug-likeness (QED) is 0.577. The molecule has 1 aliphatic rings. The maximum absolute atomic E-state index is 4.59. The average molecular weight is 323 g/mol. The van der Waals surface area contributed by atoms with E-state index in [0.717, 1.165) is 30.0 Å². The molecule has 1 aliphatic heterocycles. The van der Waals surface area contributed by atoms with Crippen molar-refractivity contribution in [1.29, 1.82) is 0 Å². The average Bonchev–Trinajstić information content (AvgIpc) is 3.00. The van der Waals surface area contributed by atoms with Gasteiger partial charge in [0.05, 0.1) is 16.9 Å². The molecule has 9 heteroatoms. The monoisotopic (exact) mass is 323 g/mol. The van der Waals surface area contributed by atoms with Crippen molar-refractivity contribution in [2.45, 2.75) is 0 Å². The molecule has 2 aromatic heterocycles. The third-order valence-electron chi connectivity index (χ3n) is 3.73. The predicted octanol–water partition coefficient (Wildman–Crippen LogP) is 1.15. The first-order valence-corrected chi connectivity index (χ1v) is 7.63. The van der Waals surface area contributed by atoms with Gasteiger partial charge in [-0.05, 0) is 36.7 Å². The van der Waals surface area contributed by atoms with Crippen molar-refractivity contribution in [3.8, 4) is 17.1 Å². The number of anilines is 3. The fraction of sp³-hybridized carbons (Fsp3) is 0.267. The number of fused-ring (bicyclic) bond motifs is 5. The minimum absolute atomic E-state index is 0.571. The minimum Gasteiger partial charge on any atom is -0.353 e. The molecule has 3 heterocycles. The number of nitrogens with zero attached hydrogens (tertiary/aromatic N) is 7. The molecule has 0 radical (unpaired) electrons. The first-order valence-electron chi connectivity index (χ1n) is 7.63. The van der Waals surface area contributed by atoms with E-state index in [0.29, 0.717) is 17.6 Å². The Hall–Kier alpha value is -3.07. The van der Waals surface area contributed by atoms with E-state index in [4.69, 9.17) is 0 Å². The fourth-order valence-corrected chi connectivity index (χ4v) is 2.53. The van der Waals surface area contributed by atoms with Gasteiger partial charge in [-0.15, -0.1) is 5.10 Å². The normalized spacial score (nSPS) is 12.0. The second kappa shape index (κ2) is 5.85. The van der Waals surface area contributed by atoms with Crippen molar-refractivity contribution in [3.63, 3.8) is 0 Å². The molecule has 122 valence electrons. The fourth-order valence-electron chi connectivity index (χ4n) is 2.53. The third-order valence-corrected chi connectivity index (χ3v) is 3.73. The van der Waals surface area contributed by atoms with Gasteiger partial charge in [0.1, 0.15) is 5.82 Å². The lowest BCUT2D eigenvalue weighted by Gasteiger charge is -2.12. The zero-order valence-electron chi connectivity index (χ0n) is 13.4. The number of aromatic nitrogens is 6. The summed E-state index contributed by atoms with van der Waals surface area (Å²) in [7, 11) is 4.05. The van der Waals surface area contributed by atoms with E-state index in [1.165, 1.54) is 0 Å². The smallest absolute Gasteiger partial charge is 0.224 e. The summed E-state index contributed by atoms with van der Waals surface area (Å²) in [5.41, 5.74) is 2.52. The summed E-state index contributed by atoms with van der Waals surface area (Å²) < 4.78 is 1.69. The number of para-hydroxylation sites is 2. The Morgan fingerprint density at radius 1 is 1.25 bits per heavy atom. The number of rotatable bonds is 4. The van der Waals surface area contributed by atoms with E-state index in [1.807, 2.05) is 38.4 Å². The molecule has 0 fully saturated rings. The molecule has 24 heavy (non-hydrogen) atoms. The van der Waals surface area contributed by atoms with E-state index < -0.39 is 0 Å². The molecule has 0 spiro atoms. The van der Waals surface area contributed by atoms with E-state index >= 15 is 0 Å². The van der Waals surface area contributed by atoms with E-state index in [2.05, 4.69) is 41.0 Å². The molecule has 2 N–H and O–H groups in total. The van der Waals surface area contributed by atoms with Crippen LogP contribution in [0, 0.1) is 0 Å². The SMILES string of the molecule is CN(C)CCNc1ncc2c(n1)Nc1ccccc1-n1nnnc1-2. The maximum Gasteiger partial charge on any atom is 0.224 e. The van der Waals surface area contributed by atoms with Crippen molar-refractivity contribution in [3.05, 3.63) is 30.5 Å². The van der Waals surface area contributed by atoms with Crippen LogP contribution in [-0.4, -0.2) is 62.3 Å². The van der Waals surface area contributed by atoms with Crippen LogP contribution in [0.5, 0.6) is 0 Å². The highest BCUT2D eigenvalue weighted by atomic mass is 15.5. The summed E-state index contributed by atoms with van der Waals surface area (Å²) in [5.74, 6) is 1.86. The molecule has 3 aromatic rings. The highest BCUT2D eigenvalue weighted by Gasteiger charge is 2.23. The van der Waals surface area contributed by atoms with Gasteiger partial charge in [-0.3, -0.25) is 0 Å². The summed E-state index contributed by atoms with van der Waals surface area (Å²) in [6, 6.07) is 7.83. The zero-order chi connectivity index (χ0) is 16.5. The number of hydrogen-bond acceptors (Lipinski definition) is 8. The first-order chi connectivity index (χ1) is 11.7. The van der Waals surface area contributed by atoms with Gasteiger partial charge in [-0.25, -0.2) is 4.98 Å². The van der Waals surface area contributed by atoms with Crippen LogP contribution in [0.25, 0.3) is 17.1 Å². The number of likely N-dealkylation sites (N-methyl/N-ethyl adjacent to an activating group) is 1. The minimum atomic E-state index is 0.571. The van der Waals surface area contributed by atoms with Crippen molar-refractivity contribution >= 4 is 17.5 Å². The van der Waals surface area contributed by atoms with Crippen LogP contribution in [0.3, 0.4) is 0 Å². The van der Waals surface area contributed by atoms with Gasteiger partial charge in [0.15, 0.2) is 5.82 Å². The first kappa shape index (κ1) is 14.5. The second-order valence-corrected chi connectivity index (χ2v) is 5.74. The Morgan fingerprint density at radius 2 is 2.12 bits per heavy atom. The van der Waals surface area contributed by atoms with Crippen LogP contribution in [0.2, 0.25) is 0 Å². The summed E-state index contributed by atoms with van der Waals surface area (Å²) in [4.78, 5) is 11.1. The van der Waals surface area contributed by atoms with Gasteiger partial charge in [0.2, 0.25) is 5.95 Å². The molecule has 0 saturated heterocycles. The lowest BCUT2D eigenvalue weighted by atomic mass is 10.2. The Bertz CT molecular complexity index is 871. The van der Waals surface area contributed by atoms with Crippen LogP contribution in [-0.2, 0) is 0 Å².